The van der Waals surface area contributed by atoms with E-state index in [1.54, 1.807) is 12.1 Å². The Kier molecular flexibility index (Phi) is 6.25. The van der Waals surface area contributed by atoms with Crippen LogP contribution in [0.2, 0.25) is 5.02 Å². The van der Waals surface area contributed by atoms with E-state index in [4.69, 9.17) is 16.6 Å². The number of aromatic nitrogens is 1. The maximum atomic E-state index is 12.8. The van der Waals surface area contributed by atoms with Crippen LogP contribution in [0.4, 0.5) is 5.82 Å². The highest BCUT2D eigenvalue weighted by molar-refractivity contribution is 6.30. The monoisotopic (exact) mass is 468 g/mol. The topological polar surface area (TPSA) is 94.6 Å². The van der Waals surface area contributed by atoms with Gasteiger partial charge in [0, 0.05) is 48.9 Å². The summed E-state index contributed by atoms with van der Waals surface area (Å²) in [6.45, 7) is 2.43. The number of fused-ring (bicyclic) bond motifs is 2. The van der Waals surface area contributed by atoms with Gasteiger partial charge in [-0.05, 0) is 60.4 Å². The van der Waals surface area contributed by atoms with Gasteiger partial charge in [-0.2, -0.15) is 0 Å². The summed E-state index contributed by atoms with van der Waals surface area (Å²) in [7, 11) is 0. The van der Waals surface area contributed by atoms with Crippen LogP contribution in [0.25, 0.3) is 0 Å². The van der Waals surface area contributed by atoms with Crippen LogP contribution in [-0.2, 0) is 22.4 Å². The minimum atomic E-state index is -0.837. The molecule has 0 bridgehead atoms. The summed E-state index contributed by atoms with van der Waals surface area (Å²) in [4.78, 5) is 30.8. The number of amides is 1. The van der Waals surface area contributed by atoms with E-state index in [1.807, 2.05) is 23.1 Å². The number of nitrogens with one attached hydrogen (secondary N) is 2. The number of piperidine rings is 1. The van der Waals surface area contributed by atoms with Crippen molar-refractivity contribution >= 4 is 29.3 Å². The third-order valence-electron chi connectivity index (χ3n) is 7.14. The number of carbonyl (C=O) groups is 2. The second-order valence-corrected chi connectivity index (χ2v) is 9.80. The molecule has 1 unspecified atom stereocenters. The lowest BCUT2D eigenvalue weighted by atomic mass is 10.0. The number of aliphatic carboxylic acids is 1. The Labute approximate surface area is 198 Å². The quantitative estimate of drug-likeness (QED) is 0.550. The lowest BCUT2D eigenvalue weighted by Gasteiger charge is -2.23. The normalized spacial score (nSPS) is 23.9. The van der Waals surface area contributed by atoms with Gasteiger partial charge in [-0.25, -0.2) is 4.98 Å². The number of halogens is 1. The van der Waals surface area contributed by atoms with Crippen LogP contribution in [0, 0.1) is 11.8 Å². The summed E-state index contributed by atoms with van der Waals surface area (Å²) in [6, 6.07) is 11.5. The van der Waals surface area contributed by atoms with Gasteiger partial charge in [-0.15, -0.1) is 0 Å². The molecule has 1 saturated heterocycles. The Morgan fingerprint density at radius 1 is 1.18 bits per heavy atom. The van der Waals surface area contributed by atoms with E-state index in [0.29, 0.717) is 29.7 Å². The molecule has 2 aliphatic heterocycles. The zero-order chi connectivity index (χ0) is 22.9. The molecule has 4 atom stereocenters. The van der Waals surface area contributed by atoms with Gasteiger partial charge in [0.15, 0.2) is 0 Å². The van der Waals surface area contributed by atoms with Crippen LogP contribution in [0.3, 0.4) is 0 Å². The van der Waals surface area contributed by atoms with Crippen molar-refractivity contribution < 1.29 is 14.7 Å². The number of carboxylic acids is 1. The van der Waals surface area contributed by atoms with Gasteiger partial charge in [-0.1, -0.05) is 29.8 Å². The number of rotatable bonds is 8. The molecule has 1 amide bonds. The van der Waals surface area contributed by atoms with Gasteiger partial charge < -0.3 is 20.6 Å². The molecule has 33 heavy (non-hydrogen) atoms. The Bertz CT molecular complexity index is 1030. The fourth-order valence-electron chi connectivity index (χ4n) is 5.25. The molecule has 2 aromatic rings. The Hall–Kier alpha value is -2.64. The molecule has 1 aromatic carbocycles. The second kappa shape index (κ2) is 9.31. The maximum Gasteiger partial charge on any atom is 0.305 e. The van der Waals surface area contributed by atoms with Crippen molar-refractivity contribution in [3.63, 3.8) is 0 Å². The molecule has 0 radical (unpaired) electrons. The maximum absolute atomic E-state index is 12.8. The van der Waals surface area contributed by atoms with E-state index in [9.17, 15) is 14.7 Å². The summed E-state index contributed by atoms with van der Waals surface area (Å²) >= 11 is 5.98. The number of anilines is 1. The molecule has 5 rings (SSSR count). The molecule has 3 heterocycles. The molecule has 3 aliphatic rings. The first-order valence-corrected chi connectivity index (χ1v) is 12.1. The lowest BCUT2D eigenvalue weighted by molar-refractivity contribution is -0.137. The van der Waals surface area contributed by atoms with Gasteiger partial charge in [0.1, 0.15) is 5.82 Å². The third-order valence-corrected chi connectivity index (χ3v) is 7.39. The van der Waals surface area contributed by atoms with E-state index in [1.165, 1.54) is 5.56 Å². The number of pyridine rings is 1. The molecule has 7 nitrogen and oxygen atoms in total. The van der Waals surface area contributed by atoms with Crippen LogP contribution in [0.15, 0.2) is 36.4 Å². The molecule has 1 saturated carbocycles. The van der Waals surface area contributed by atoms with Gasteiger partial charge in [-0.3, -0.25) is 9.59 Å². The molecule has 0 spiro atoms. The van der Waals surface area contributed by atoms with E-state index >= 15 is 0 Å². The number of likely N-dealkylation sites (tertiary alicyclic amines) is 1. The number of hydrogen-bond acceptors (Lipinski definition) is 5. The average molecular weight is 469 g/mol. The molecule has 3 N–H and O–H groups in total. The van der Waals surface area contributed by atoms with E-state index in [-0.39, 0.29) is 24.4 Å². The third kappa shape index (κ3) is 4.99. The van der Waals surface area contributed by atoms with Crippen LogP contribution < -0.4 is 10.6 Å². The Morgan fingerprint density at radius 2 is 1.94 bits per heavy atom. The SMILES string of the molecule is O=C(O)C[C@H](NC1[C@H]2CN(C(=O)CCc3ccc4c(n3)NCCC4)C[C@@H]12)c1ccc(Cl)cc1. The van der Waals surface area contributed by atoms with Crippen molar-refractivity contribution in [3.8, 4) is 0 Å². The summed E-state index contributed by atoms with van der Waals surface area (Å²) in [5.41, 5.74) is 3.14. The highest BCUT2D eigenvalue weighted by atomic mass is 35.5. The molecular formula is C25H29ClN4O3. The van der Waals surface area contributed by atoms with Crippen molar-refractivity contribution in [2.24, 2.45) is 11.8 Å². The van der Waals surface area contributed by atoms with E-state index in [0.717, 1.165) is 49.6 Å². The van der Waals surface area contributed by atoms with Crippen LogP contribution in [0.5, 0.6) is 0 Å². The van der Waals surface area contributed by atoms with E-state index < -0.39 is 5.97 Å². The van der Waals surface area contributed by atoms with E-state index in [2.05, 4.69) is 16.7 Å². The number of aryl methyl sites for hydroxylation is 2. The molecule has 8 heteroatoms. The zero-order valence-electron chi connectivity index (χ0n) is 18.5. The number of hydrogen-bond donors (Lipinski definition) is 3. The van der Waals surface area contributed by atoms with Crippen LogP contribution >= 0.6 is 11.6 Å². The summed E-state index contributed by atoms with van der Waals surface area (Å²) in [5.74, 6) is 1.09. The highest BCUT2D eigenvalue weighted by Crippen LogP contribution is 2.47. The number of benzene rings is 1. The van der Waals surface area contributed by atoms with Crippen LogP contribution in [0.1, 0.15) is 42.1 Å². The Balaban J connectivity index is 1.12. The summed E-state index contributed by atoms with van der Waals surface area (Å²) < 4.78 is 0. The first-order chi connectivity index (χ1) is 16.0. The molecule has 174 valence electrons. The molecule has 2 fully saturated rings. The van der Waals surface area contributed by atoms with Crippen molar-refractivity contribution in [1.29, 1.82) is 0 Å². The molecule has 1 aliphatic carbocycles. The largest absolute Gasteiger partial charge is 0.481 e. The number of carboxylic acid groups (broad SMARTS) is 1. The summed E-state index contributed by atoms with van der Waals surface area (Å²) in [6.07, 6.45) is 3.33. The molecule has 1 aromatic heterocycles. The van der Waals surface area contributed by atoms with Crippen molar-refractivity contribution in [2.45, 2.75) is 44.2 Å². The minimum absolute atomic E-state index is 0.0167. The van der Waals surface area contributed by atoms with Gasteiger partial charge in [0.05, 0.1) is 6.42 Å². The predicted octanol–water partition coefficient (Wildman–Crippen LogP) is 3.29. The predicted molar refractivity (Wildman–Crippen MR) is 126 cm³/mol. The van der Waals surface area contributed by atoms with Crippen molar-refractivity contribution in [1.82, 2.24) is 15.2 Å². The minimum Gasteiger partial charge on any atom is -0.481 e. The van der Waals surface area contributed by atoms with Crippen LogP contribution in [-0.4, -0.2) is 52.5 Å². The van der Waals surface area contributed by atoms with Gasteiger partial charge >= 0.3 is 5.97 Å². The fourth-order valence-corrected chi connectivity index (χ4v) is 5.38. The van der Waals surface area contributed by atoms with Gasteiger partial charge in [0.25, 0.3) is 0 Å². The fraction of sp³-hybridized carbons (Fsp3) is 0.480. The first kappa shape index (κ1) is 22.2. The standard InChI is InChI=1S/C25H29ClN4O3/c26-17-6-3-15(4-7-17)21(12-23(32)33)29-24-19-13-30(14-20(19)24)22(31)10-9-18-8-5-16-2-1-11-27-25(16)28-18/h3-8,19-21,24,29H,1-2,9-14H2,(H,27,28)(H,32,33)/t19-,20+,21-,24?/m0/s1. The summed E-state index contributed by atoms with van der Waals surface area (Å²) in [5, 5.41) is 16.8. The lowest BCUT2D eigenvalue weighted by Crippen LogP contribution is -2.37. The smallest absolute Gasteiger partial charge is 0.305 e. The van der Waals surface area contributed by atoms with Crippen molar-refractivity contribution in [3.05, 3.63) is 58.2 Å². The number of carbonyl (C=O) groups excluding carboxylic acids is 1. The average Bonchev–Trinajstić information content (AvgIpc) is 3.24. The molecular weight excluding hydrogens is 440 g/mol. The first-order valence-electron chi connectivity index (χ1n) is 11.7. The highest BCUT2D eigenvalue weighted by Gasteiger charge is 2.57. The number of nitrogens with zero attached hydrogens (tertiary/aromatic N) is 2. The zero-order valence-corrected chi connectivity index (χ0v) is 19.2. The Morgan fingerprint density at radius 3 is 2.67 bits per heavy atom. The van der Waals surface area contributed by atoms with Crippen molar-refractivity contribution in [2.75, 3.05) is 25.0 Å². The van der Waals surface area contributed by atoms with Gasteiger partial charge in [0.2, 0.25) is 5.91 Å². The second-order valence-electron chi connectivity index (χ2n) is 9.36.